The Hall–Kier alpha value is -17.7. The Bertz CT molecular complexity index is 10000. The first kappa shape index (κ1) is 86.0. The van der Waals surface area contributed by atoms with Gasteiger partial charge in [-0.05, 0) is 151 Å². The van der Waals surface area contributed by atoms with E-state index in [1.165, 1.54) is 144 Å². The number of thiophene rings is 1. The fourth-order valence-electron chi connectivity index (χ4n) is 24.9. The minimum Gasteiger partial charge on any atom is -0.456 e. The summed E-state index contributed by atoms with van der Waals surface area (Å²) in [6.45, 7) is 14.7. The summed E-state index contributed by atoms with van der Waals surface area (Å²) in [5.74, 6) is 2.28. The van der Waals surface area contributed by atoms with E-state index in [1.807, 2.05) is 29.5 Å². The molecule has 0 N–H and O–H groups in total. The molecule has 0 atom stereocenters. The Balaban J connectivity index is 0.000000104. The quantitative estimate of drug-likeness (QED) is 0.125. The van der Waals surface area contributed by atoms with Crippen molar-refractivity contribution in [3.8, 4) is 124 Å². The van der Waals surface area contributed by atoms with E-state index < -0.39 is 24.2 Å². The van der Waals surface area contributed by atoms with Crippen molar-refractivity contribution in [2.45, 2.75) is 39.3 Å². The number of benzene rings is 19. The third kappa shape index (κ3) is 13.0. The van der Waals surface area contributed by atoms with Gasteiger partial charge in [-0.1, -0.05) is 385 Å². The highest BCUT2D eigenvalue weighted by Gasteiger charge is 2.46. The molecular formula is C132H92N10OSSi3. The van der Waals surface area contributed by atoms with E-state index in [0.29, 0.717) is 0 Å². The Labute approximate surface area is 854 Å². The second-order valence-electron chi connectivity index (χ2n) is 40.5. The number of hydrogen-bond donors (Lipinski definition) is 0. The second kappa shape index (κ2) is 33.2. The summed E-state index contributed by atoms with van der Waals surface area (Å²) in [5.41, 5.74) is 32.3. The Kier molecular flexibility index (Phi) is 19.4. The second-order valence-corrected chi connectivity index (χ2v) is 54.4. The summed E-state index contributed by atoms with van der Waals surface area (Å²) >= 11 is 1.88. The molecule has 0 spiro atoms. The molecule has 0 aliphatic carbocycles. The van der Waals surface area contributed by atoms with Crippen LogP contribution in [0.2, 0.25) is 39.3 Å². The third-order valence-corrected chi connectivity index (χ3v) is 43.0. The van der Waals surface area contributed by atoms with Crippen LogP contribution in [0.1, 0.15) is 0 Å². The van der Waals surface area contributed by atoms with Gasteiger partial charge < -0.3 is 22.7 Å². The van der Waals surface area contributed by atoms with Crippen LogP contribution in [0.3, 0.4) is 0 Å². The minimum absolute atomic E-state index is 0.754. The number of rotatable bonds is 10. The van der Waals surface area contributed by atoms with Crippen molar-refractivity contribution < 1.29 is 4.42 Å². The maximum atomic E-state index is 6.36. The van der Waals surface area contributed by atoms with E-state index in [4.69, 9.17) is 34.3 Å². The fraction of sp³-hybridized carbons (Fsp3) is 0.0455. The largest absolute Gasteiger partial charge is 0.456 e. The molecule has 15 heteroatoms. The lowest BCUT2D eigenvalue weighted by Gasteiger charge is -2.23. The van der Waals surface area contributed by atoms with Crippen molar-refractivity contribution in [1.29, 1.82) is 0 Å². The Morgan fingerprint density at radius 1 is 0.197 bits per heavy atom. The summed E-state index contributed by atoms with van der Waals surface area (Å²) in [7, 11) is -6.47. The maximum Gasteiger partial charge on any atom is 0.160 e. The van der Waals surface area contributed by atoms with Crippen molar-refractivity contribution in [2.24, 2.45) is 0 Å². The zero-order valence-corrected chi connectivity index (χ0v) is 85.3. The molecule has 28 aromatic rings. The van der Waals surface area contributed by atoms with Crippen LogP contribution >= 0.6 is 11.3 Å². The van der Waals surface area contributed by atoms with Crippen LogP contribution in [0.25, 0.3) is 254 Å². The van der Waals surface area contributed by atoms with E-state index in [2.05, 4.69) is 488 Å². The van der Waals surface area contributed by atoms with Gasteiger partial charge in [-0.3, -0.25) is 0 Å². The average molecular weight is 1950 g/mol. The standard InChI is InChI=1S/C48H34N4Si.C42H29N3OSi.C42H29N3SSi/c1-53(2)42-28-16-12-24-36(42)46-47(53)45(49-48(50-46)31-17-5-3-6-18-31)35-23-11-15-27-39(35)52-38-26-14-10-22-34(38)44-41(52)30-29-40-43(44)33-21-9-13-25-37(33)51(40)32-19-7-4-8-20-32;2*1-47(2)36-23-13-9-19-30(36)40-41(47)39(43-42(44-40)26-14-4-3-5-15-26)28-17-7-11-21-32(28)45-31-20-10-6-16-27(31)37-33(45)24-25-35-38(37)29-18-8-12-22-34(29)46-35/h3-30H,1-2H3;2*3-25H,1-2H3. The lowest BCUT2D eigenvalue weighted by Crippen LogP contribution is -2.50. The molecular weight excluding hydrogens is 1860 g/mol. The third-order valence-electron chi connectivity index (χ3n) is 31.3. The van der Waals surface area contributed by atoms with Crippen LogP contribution in [0.5, 0.6) is 0 Å². The zero-order valence-electron chi connectivity index (χ0n) is 81.5. The van der Waals surface area contributed by atoms with E-state index in [0.717, 1.165) is 141 Å². The van der Waals surface area contributed by atoms with Crippen LogP contribution in [-0.4, -0.2) is 72.4 Å². The van der Waals surface area contributed by atoms with Crippen LogP contribution in [-0.2, 0) is 0 Å². The Morgan fingerprint density at radius 3 is 0.878 bits per heavy atom. The minimum atomic E-state index is -2.18. The van der Waals surface area contributed by atoms with Crippen molar-refractivity contribution in [3.63, 3.8) is 0 Å². The van der Waals surface area contributed by atoms with Gasteiger partial charge in [0.15, 0.2) is 17.5 Å². The molecule has 12 heterocycles. The molecule has 11 nitrogen and oxygen atoms in total. The van der Waals surface area contributed by atoms with Crippen molar-refractivity contribution in [2.75, 3.05) is 0 Å². The first-order valence-electron chi connectivity index (χ1n) is 50.5. The van der Waals surface area contributed by atoms with Gasteiger partial charge in [0.1, 0.15) is 35.4 Å². The highest BCUT2D eigenvalue weighted by Crippen LogP contribution is 2.51. The van der Waals surface area contributed by atoms with Crippen molar-refractivity contribution in [3.05, 3.63) is 449 Å². The fourth-order valence-corrected chi connectivity index (χ4v) is 35.7. The summed E-state index contributed by atoms with van der Waals surface area (Å²) in [5, 5.41) is 23.1. The number of nitrogens with zero attached hydrogens (tertiary/aromatic N) is 10. The zero-order chi connectivity index (χ0) is 97.8. The summed E-state index contributed by atoms with van der Waals surface area (Å²) in [6.07, 6.45) is 0. The molecule has 147 heavy (non-hydrogen) atoms. The highest BCUT2D eigenvalue weighted by atomic mass is 32.1. The topological polar surface area (TPSA) is 110 Å². The maximum absolute atomic E-state index is 6.36. The first-order chi connectivity index (χ1) is 72.3. The molecule has 0 amide bonds. The van der Waals surface area contributed by atoms with Gasteiger partial charge in [-0.2, -0.15) is 0 Å². The highest BCUT2D eigenvalue weighted by molar-refractivity contribution is 7.26. The monoisotopic (exact) mass is 1950 g/mol. The lowest BCUT2D eigenvalue weighted by atomic mass is 10.0. The molecule has 0 saturated heterocycles. The van der Waals surface area contributed by atoms with E-state index in [1.54, 1.807) is 0 Å². The molecule has 0 radical (unpaired) electrons. The summed E-state index contributed by atoms with van der Waals surface area (Å²) < 4.78 is 18.8. The summed E-state index contributed by atoms with van der Waals surface area (Å²) in [4.78, 5) is 32.5. The smallest absolute Gasteiger partial charge is 0.160 e. The van der Waals surface area contributed by atoms with Gasteiger partial charge in [-0.15, -0.1) is 11.3 Å². The number of para-hydroxylation sites is 9. The average Bonchev–Trinajstić information content (AvgIpc) is 1.55. The molecule has 31 rings (SSSR count). The van der Waals surface area contributed by atoms with Crippen LogP contribution in [0.4, 0.5) is 0 Å². The predicted molar refractivity (Wildman–Crippen MR) is 623 cm³/mol. The summed E-state index contributed by atoms with van der Waals surface area (Å²) in [6, 6.07) is 161. The molecule has 0 bridgehead atoms. The molecule has 9 aromatic heterocycles. The first-order valence-corrected chi connectivity index (χ1v) is 60.3. The Morgan fingerprint density at radius 2 is 0.476 bits per heavy atom. The van der Waals surface area contributed by atoms with Crippen LogP contribution in [0, 0.1) is 0 Å². The predicted octanol–water partition coefficient (Wildman–Crippen LogP) is 30.5. The molecule has 0 unspecified atom stereocenters. The van der Waals surface area contributed by atoms with Crippen molar-refractivity contribution >= 4 is 196 Å². The molecule has 0 saturated carbocycles. The van der Waals surface area contributed by atoms with Gasteiger partial charge in [-0.25, -0.2) is 29.9 Å². The molecule has 694 valence electrons. The molecule has 19 aromatic carbocycles. The van der Waals surface area contributed by atoms with E-state index in [9.17, 15) is 0 Å². The van der Waals surface area contributed by atoms with Gasteiger partial charge in [0.05, 0.1) is 95.4 Å². The molecule has 0 fully saturated rings. The van der Waals surface area contributed by atoms with Gasteiger partial charge in [0, 0.05) is 113 Å². The molecule has 3 aliphatic heterocycles. The van der Waals surface area contributed by atoms with Gasteiger partial charge >= 0.3 is 0 Å². The molecule has 3 aliphatic rings. The SMILES string of the molecule is C[Si]1(C)c2ccccc2-c2nc(-c3ccccc3)nc(-c3ccccc3-n3c4ccccc4c4c5c(ccc43)oc3ccccc35)c21.C[Si]1(C)c2ccccc2-c2nc(-c3ccccc3)nc(-c3ccccc3-n3c4ccccc4c4c5c(ccc43)sc3ccccc35)c21.C[Si]1(C)c2ccccc2-c2nc(-c3ccccc3)nc(-c3ccccc3-n3c4ccccc4c4c5c6ccccc6n(-c6ccccc6)c5ccc43)c21. The number of hydrogen-bond acceptors (Lipinski definition) is 8. The number of furan rings is 1. The number of fused-ring (bicyclic) bond motifs is 30. The normalized spacial score (nSPS) is 13.4. The van der Waals surface area contributed by atoms with Crippen molar-refractivity contribution in [1.82, 2.24) is 48.2 Å². The van der Waals surface area contributed by atoms with E-state index in [-0.39, 0.29) is 0 Å². The van der Waals surface area contributed by atoms with Gasteiger partial charge in [0.2, 0.25) is 0 Å². The lowest BCUT2D eigenvalue weighted by molar-refractivity contribution is 0.669. The van der Waals surface area contributed by atoms with Crippen LogP contribution < -0.4 is 31.1 Å². The number of aromatic nitrogens is 10. The van der Waals surface area contributed by atoms with Crippen LogP contribution in [0.15, 0.2) is 453 Å². The van der Waals surface area contributed by atoms with Gasteiger partial charge in [0.25, 0.3) is 0 Å². The van der Waals surface area contributed by atoms with E-state index >= 15 is 0 Å².